The highest BCUT2D eigenvalue weighted by molar-refractivity contribution is 7.99. The van der Waals surface area contributed by atoms with Crippen molar-refractivity contribution in [2.45, 2.75) is 55.9 Å². The molecule has 4 aromatic carbocycles. The Hall–Kier alpha value is -4.15. The molecular weight excluding hydrogens is 600 g/mol. The van der Waals surface area contributed by atoms with E-state index in [1.54, 1.807) is 11.8 Å². The highest BCUT2D eigenvalue weighted by Gasteiger charge is 2.38. The van der Waals surface area contributed by atoms with Gasteiger partial charge in [-0.05, 0) is 34.4 Å². The van der Waals surface area contributed by atoms with E-state index < -0.39 is 24.3 Å². The third kappa shape index (κ3) is 8.98. The van der Waals surface area contributed by atoms with Gasteiger partial charge in [0.25, 0.3) is 0 Å². The van der Waals surface area contributed by atoms with Crippen molar-refractivity contribution in [3.05, 3.63) is 137 Å². The van der Waals surface area contributed by atoms with Gasteiger partial charge in [-0.25, -0.2) is 9.59 Å². The molecule has 0 aliphatic carbocycles. The molecule has 46 heavy (non-hydrogen) atoms. The lowest BCUT2D eigenvalue weighted by Crippen LogP contribution is -2.47. The highest BCUT2D eigenvalue weighted by atomic mass is 32.2. The topological polar surface area (TPSA) is 106 Å². The zero-order valence-corrected chi connectivity index (χ0v) is 26.8. The van der Waals surface area contributed by atoms with Gasteiger partial charge in [-0.2, -0.15) is 0 Å². The van der Waals surface area contributed by atoms with Gasteiger partial charge in [0.05, 0.1) is 25.9 Å². The Kier molecular flexibility index (Phi) is 11.9. The first-order valence-electron chi connectivity index (χ1n) is 15.4. The fraction of sp³-hybridized carbons (Fsp3) is 0.297. The van der Waals surface area contributed by atoms with Gasteiger partial charge in [0, 0.05) is 35.1 Å². The molecule has 1 heterocycles. The number of esters is 1. The number of carbonyl (C=O) groups excluding carboxylic acids is 2. The fourth-order valence-electron chi connectivity index (χ4n) is 5.37. The van der Waals surface area contributed by atoms with E-state index in [0.29, 0.717) is 6.42 Å². The normalized spacial score (nSPS) is 20.0. The molecule has 9 heteroatoms. The van der Waals surface area contributed by atoms with Crippen molar-refractivity contribution in [1.82, 2.24) is 10.6 Å². The van der Waals surface area contributed by atoms with Gasteiger partial charge in [-0.3, -0.25) is 0 Å². The number of hydrogen-bond acceptors (Lipinski definition) is 7. The molecule has 1 saturated heterocycles. The zero-order valence-electron chi connectivity index (χ0n) is 26.0. The van der Waals surface area contributed by atoms with Crippen LogP contribution in [-0.2, 0) is 38.6 Å². The predicted octanol–water partition coefficient (Wildman–Crippen LogP) is 6.35. The molecule has 8 nitrogen and oxygen atoms in total. The minimum atomic E-state index is -0.807. The SMILES string of the molecule is COC(=O)C(Cc1ccccc1)NC(=O)NCc1ccc(C2OC(CSc3ccccc3)C(C)C(c3ccc(CO)cc3)O2)cc1. The summed E-state index contributed by atoms with van der Waals surface area (Å²) < 4.78 is 18.0. The molecule has 0 saturated carbocycles. The van der Waals surface area contributed by atoms with Crippen molar-refractivity contribution < 1.29 is 28.9 Å². The minimum Gasteiger partial charge on any atom is -0.467 e. The summed E-state index contributed by atoms with van der Waals surface area (Å²) in [5.74, 6) is 0.350. The smallest absolute Gasteiger partial charge is 0.328 e. The Morgan fingerprint density at radius 3 is 2.11 bits per heavy atom. The van der Waals surface area contributed by atoms with Crippen molar-refractivity contribution in [2.24, 2.45) is 5.92 Å². The van der Waals surface area contributed by atoms with Crippen LogP contribution in [0.25, 0.3) is 0 Å². The summed E-state index contributed by atoms with van der Waals surface area (Å²) in [4.78, 5) is 26.2. The Labute approximate surface area is 274 Å². The number of thioether (sulfide) groups is 1. The summed E-state index contributed by atoms with van der Waals surface area (Å²) in [6, 6.07) is 34.1. The Morgan fingerprint density at radius 1 is 0.826 bits per heavy atom. The summed E-state index contributed by atoms with van der Waals surface area (Å²) in [5, 5.41) is 15.1. The lowest BCUT2D eigenvalue weighted by Gasteiger charge is -2.41. The standard InChI is InChI=1S/C37H40N2O6S/c1-25-33(24-46-31-11-7-4-8-12-31)44-36(45-34(25)29-17-15-28(23-40)16-18-29)30-19-13-27(14-20-30)22-38-37(42)39-32(35(41)43-2)21-26-9-5-3-6-10-26/h3-20,25,32-34,36,40H,21-24H2,1-2H3,(H2,38,39,42). The van der Waals surface area contributed by atoms with Crippen LogP contribution in [0.3, 0.4) is 0 Å². The first-order valence-corrected chi connectivity index (χ1v) is 16.4. The molecule has 5 unspecified atom stereocenters. The molecule has 0 spiro atoms. The highest BCUT2D eigenvalue weighted by Crippen LogP contribution is 2.43. The van der Waals surface area contributed by atoms with E-state index in [1.165, 1.54) is 12.0 Å². The van der Waals surface area contributed by atoms with Crippen LogP contribution in [0.2, 0.25) is 0 Å². The van der Waals surface area contributed by atoms with E-state index in [2.05, 4.69) is 29.7 Å². The van der Waals surface area contributed by atoms with Crippen molar-refractivity contribution in [2.75, 3.05) is 12.9 Å². The molecule has 1 aliphatic rings. The van der Waals surface area contributed by atoms with Crippen LogP contribution in [0.1, 0.15) is 47.1 Å². The first kappa shape index (κ1) is 33.2. The van der Waals surface area contributed by atoms with Crippen LogP contribution < -0.4 is 10.6 Å². The average molecular weight is 641 g/mol. The van der Waals surface area contributed by atoms with E-state index in [4.69, 9.17) is 14.2 Å². The van der Waals surface area contributed by atoms with Gasteiger partial charge in [0.2, 0.25) is 0 Å². The zero-order chi connectivity index (χ0) is 32.3. The number of benzene rings is 4. The molecule has 0 bridgehead atoms. The molecule has 3 N–H and O–H groups in total. The molecule has 1 aliphatic heterocycles. The molecule has 2 amide bonds. The van der Waals surface area contributed by atoms with Crippen LogP contribution >= 0.6 is 11.8 Å². The van der Waals surface area contributed by atoms with Crippen molar-refractivity contribution >= 4 is 23.8 Å². The molecule has 5 rings (SSSR count). The molecule has 240 valence electrons. The lowest BCUT2D eigenvalue weighted by atomic mass is 9.91. The van der Waals surface area contributed by atoms with Gasteiger partial charge in [0.15, 0.2) is 6.29 Å². The Balaban J connectivity index is 1.23. The average Bonchev–Trinajstić information content (AvgIpc) is 3.11. The van der Waals surface area contributed by atoms with Crippen molar-refractivity contribution in [3.63, 3.8) is 0 Å². The summed E-state index contributed by atoms with van der Waals surface area (Å²) in [6.45, 7) is 2.41. The number of carbonyl (C=O) groups is 2. The number of aliphatic hydroxyl groups excluding tert-OH is 1. The summed E-state index contributed by atoms with van der Waals surface area (Å²) in [5.41, 5.74) is 4.57. The number of ether oxygens (including phenoxy) is 3. The van der Waals surface area contributed by atoms with Crippen LogP contribution in [-0.4, -0.2) is 42.1 Å². The number of amides is 2. The second kappa shape index (κ2) is 16.4. The Morgan fingerprint density at radius 2 is 1.46 bits per heavy atom. The second-order valence-corrected chi connectivity index (χ2v) is 12.4. The monoisotopic (exact) mass is 640 g/mol. The van der Waals surface area contributed by atoms with E-state index in [-0.39, 0.29) is 31.3 Å². The quantitative estimate of drug-likeness (QED) is 0.123. The van der Waals surface area contributed by atoms with Gasteiger partial charge in [-0.15, -0.1) is 11.8 Å². The van der Waals surface area contributed by atoms with Crippen LogP contribution in [0, 0.1) is 5.92 Å². The van der Waals surface area contributed by atoms with Crippen LogP contribution in [0.5, 0.6) is 0 Å². The van der Waals surface area contributed by atoms with Gasteiger partial charge >= 0.3 is 12.0 Å². The number of hydrogen-bond donors (Lipinski definition) is 3. The lowest BCUT2D eigenvalue weighted by molar-refractivity contribution is -0.268. The number of nitrogens with one attached hydrogen (secondary N) is 2. The molecule has 5 atom stereocenters. The molecule has 0 radical (unpaired) electrons. The maximum atomic E-state index is 12.7. The summed E-state index contributed by atoms with van der Waals surface area (Å²) in [6.07, 6.45) is -0.525. The third-order valence-corrected chi connectivity index (χ3v) is 9.16. The number of urea groups is 1. The van der Waals surface area contributed by atoms with Gasteiger partial charge in [0.1, 0.15) is 6.04 Å². The van der Waals surface area contributed by atoms with Crippen molar-refractivity contribution in [3.8, 4) is 0 Å². The summed E-state index contributed by atoms with van der Waals surface area (Å²) in [7, 11) is 1.31. The Bertz CT molecular complexity index is 1540. The predicted molar refractivity (Wildman–Crippen MR) is 178 cm³/mol. The van der Waals surface area contributed by atoms with E-state index in [0.717, 1.165) is 33.6 Å². The molecule has 4 aromatic rings. The van der Waals surface area contributed by atoms with Crippen LogP contribution in [0.15, 0.2) is 114 Å². The largest absolute Gasteiger partial charge is 0.467 e. The molecule has 1 fully saturated rings. The number of rotatable bonds is 12. The summed E-state index contributed by atoms with van der Waals surface area (Å²) >= 11 is 1.76. The van der Waals surface area contributed by atoms with E-state index in [1.807, 2.05) is 97.1 Å². The molecular formula is C37H40N2O6S. The fourth-order valence-corrected chi connectivity index (χ4v) is 6.46. The van der Waals surface area contributed by atoms with Crippen molar-refractivity contribution in [1.29, 1.82) is 0 Å². The van der Waals surface area contributed by atoms with Gasteiger partial charge in [-0.1, -0.05) is 104 Å². The number of aliphatic hydroxyl groups is 1. The second-order valence-electron chi connectivity index (χ2n) is 11.3. The molecule has 0 aromatic heterocycles. The van der Waals surface area contributed by atoms with E-state index >= 15 is 0 Å². The number of methoxy groups -OCH3 is 1. The van der Waals surface area contributed by atoms with Gasteiger partial charge < -0.3 is 30.0 Å². The maximum Gasteiger partial charge on any atom is 0.328 e. The third-order valence-electron chi connectivity index (χ3n) is 8.06. The van der Waals surface area contributed by atoms with Crippen LogP contribution in [0.4, 0.5) is 4.79 Å². The first-order chi connectivity index (χ1) is 22.4. The minimum absolute atomic E-state index is 0.00809. The maximum absolute atomic E-state index is 12.7. The van der Waals surface area contributed by atoms with E-state index in [9.17, 15) is 14.7 Å².